The van der Waals surface area contributed by atoms with E-state index >= 15 is 0 Å². The number of esters is 1. The first-order valence-corrected chi connectivity index (χ1v) is 4.47. The van der Waals surface area contributed by atoms with Crippen LogP contribution in [0, 0.1) is 5.82 Å². The van der Waals surface area contributed by atoms with Gasteiger partial charge in [-0.3, -0.25) is 0 Å². The second-order valence-electron chi connectivity index (χ2n) is 3.00. The molecule has 0 fully saturated rings. The molecule has 0 unspecified atom stereocenters. The molecule has 0 aliphatic rings. The molecule has 0 N–H and O–H groups in total. The van der Waals surface area contributed by atoms with Crippen molar-refractivity contribution in [3.8, 4) is 5.69 Å². The third-order valence-electron chi connectivity index (χ3n) is 2.05. The maximum absolute atomic E-state index is 13.5. The van der Waals surface area contributed by atoms with Crippen LogP contribution >= 0.6 is 0 Å². The predicted octanol–water partition coefficient (Wildman–Crippen LogP) is 1.19. The van der Waals surface area contributed by atoms with E-state index in [-0.39, 0.29) is 5.56 Å². The fraction of sp³-hybridized carbons (Fsp3) is 0.100. The molecule has 2 aromatic rings. The molecule has 82 valence electrons. The molecule has 0 saturated heterocycles. The number of methoxy groups -OCH3 is 1. The van der Waals surface area contributed by atoms with Crippen LogP contribution < -0.4 is 0 Å². The van der Waals surface area contributed by atoms with Crippen LogP contribution in [-0.2, 0) is 4.74 Å². The minimum Gasteiger partial charge on any atom is -0.465 e. The lowest BCUT2D eigenvalue weighted by atomic mass is 10.2. The Morgan fingerprint density at radius 2 is 2.31 bits per heavy atom. The monoisotopic (exact) mass is 221 g/mol. The molecule has 0 bridgehead atoms. The minimum atomic E-state index is -0.706. The van der Waals surface area contributed by atoms with Gasteiger partial charge in [0.25, 0.3) is 0 Å². The number of ether oxygens (including phenoxy) is 1. The minimum absolute atomic E-state index is 0.105. The molecule has 2 rings (SSSR count). The standard InChI is InChI=1S/C10H8FN3O2/c1-16-10(15)8-3-2-7(6-9(8)11)14-5-4-12-13-14/h2-6H,1H3. The molecule has 1 aromatic heterocycles. The summed E-state index contributed by atoms with van der Waals surface area (Å²) in [5.41, 5.74) is 0.383. The molecule has 0 spiro atoms. The Morgan fingerprint density at radius 1 is 1.50 bits per heavy atom. The van der Waals surface area contributed by atoms with Crippen molar-refractivity contribution in [2.75, 3.05) is 7.11 Å². The number of carbonyl (C=O) groups is 1. The van der Waals surface area contributed by atoms with Crippen LogP contribution in [0.15, 0.2) is 30.6 Å². The fourth-order valence-electron chi connectivity index (χ4n) is 1.27. The van der Waals surface area contributed by atoms with Crippen LogP contribution in [0.4, 0.5) is 4.39 Å². The number of rotatable bonds is 2. The molecular weight excluding hydrogens is 213 g/mol. The molecular formula is C10H8FN3O2. The van der Waals surface area contributed by atoms with Crippen molar-refractivity contribution in [1.82, 2.24) is 15.0 Å². The Kier molecular flexibility index (Phi) is 2.63. The van der Waals surface area contributed by atoms with Crippen molar-refractivity contribution in [2.45, 2.75) is 0 Å². The highest BCUT2D eigenvalue weighted by molar-refractivity contribution is 5.89. The van der Waals surface area contributed by atoms with Gasteiger partial charge in [0, 0.05) is 6.07 Å². The van der Waals surface area contributed by atoms with Gasteiger partial charge in [0.15, 0.2) is 0 Å². The van der Waals surface area contributed by atoms with Gasteiger partial charge in [-0.1, -0.05) is 5.21 Å². The third-order valence-corrected chi connectivity index (χ3v) is 2.05. The van der Waals surface area contributed by atoms with Gasteiger partial charge < -0.3 is 4.74 Å². The normalized spacial score (nSPS) is 10.1. The zero-order valence-corrected chi connectivity index (χ0v) is 8.42. The summed E-state index contributed by atoms with van der Waals surface area (Å²) < 4.78 is 19.3. The number of hydrogen-bond donors (Lipinski definition) is 0. The molecule has 1 heterocycles. The average Bonchev–Trinajstić information content (AvgIpc) is 2.81. The van der Waals surface area contributed by atoms with E-state index in [1.165, 1.54) is 30.1 Å². The van der Waals surface area contributed by atoms with E-state index < -0.39 is 11.8 Å². The molecule has 0 saturated carbocycles. The van der Waals surface area contributed by atoms with Crippen molar-refractivity contribution < 1.29 is 13.9 Å². The highest BCUT2D eigenvalue weighted by atomic mass is 19.1. The summed E-state index contributed by atoms with van der Waals surface area (Å²) in [5, 5.41) is 7.31. The predicted molar refractivity (Wildman–Crippen MR) is 52.7 cm³/mol. The fourth-order valence-corrected chi connectivity index (χ4v) is 1.27. The number of halogens is 1. The van der Waals surface area contributed by atoms with Gasteiger partial charge in [0.05, 0.1) is 30.8 Å². The van der Waals surface area contributed by atoms with Gasteiger partial charge in [-0.05, 0) is 12.1 Å². The van der Waals surface area contributed by atoms with Crippen molar-refractivity contribution in [3.63, 3.8) is 0 Å². The summed E-state index contributed by atoms with van der Waals surface area (Å²) in [4.78, 5) is 11.1. The van der Waals surface area contributed by atoms with Gasteiger partial charge in [0.1, 0.15) is 5.82 Å². The smallest absolute Gasteiger partial charge is 0.340 e. The summed E-state index contributed by atoms with van der Waals surface area (Å²) in [6.45, 7) is 0. The lowest BCUT2D eigenvalue weighted by molar-refractivity contribution is 0.0595. The van der Waals surface area contributed by atoms with E-state index in [9.17, 15) is 9.18 Å². The van der Waals surface area contributed by atoms with Gasteiger partial charge in [0.2, 0.25) is 0 Å². The summed E-state index contributed by atoms with van der Waals surface area (Å²) in [6.07, 6.45) is 3.05. The van der Waals surface area contributed by atoms with E-state index in [0.717, 1.165) is 0 Å². The largest absolute Gasteiger partial charge is 0.465 e. The first-order valence-electron chi connectivity index (χ1n) is 4.47. The van der Waals surface area contributed by atoms with E-state index in [4.69, 9.17) is 0 Å². The van der Waals surface area contributed by atoms with E-state index in [1.54, 1.807) is 12.3 Å². The zero-order chi connectivity index (χ0) is 11.5. The summed E-state index contributed by atoms with van der Waals surface area (Å²) in [7, 11) is 1.20. The van der Waals surface area contributed by atoms with Crippen LogP contribution in [0.3, 0.4) is 0 Å². The van der Waals surface area contributed by atoms with Gasteiger partial charge in [-0.15, -0.1) is 5.10 Å². The Balaban J connectivity index is 2.41. The van der Waals surface area contributed by atoms with E-state index in [0.29, 0.717) is 5.69 Å². The lowest BCUT2D eigenvalue weighted by Crippen LogP contribution is -2.05. The van der Waals surface area contributed by atoms with Gasteiger partial charge in [-0.25, -0.2) is 13.9 Å². The van der Waals surface area contributed by atoms with Crippen molar-refractivity contribution in [1.29, 1.82) is 0 Å². The third kappa shape index (κ3) is 1.77. The molecule has 0 aliphatic carbocycles. The number of carbonyl (C=O) groups excluding carboxylic acids is 1. The Labute approximate surface area is 90.5 Å². The van der Waals surface area contributed by atoms with Crippen molar-refractivity contribution in [3.05, 3.63) is 42.0 Å². The van der Waals surface area contributed by atoms with Crippen LogP contribution in [0.5, 0.6) is 0 Å². The second-order valence-corrected chi connectivity index (χ2v) is 3.00. The molecule has 0 atom stereocenters. The Hall–Kier alpha value is -2.24. The highest BCUT2D eigenvalue weighted by Gasteiger charge is 2.12. The average molecular weight is 221 g/mol. The molecule has 5 nitrogen and oxygen atoms in total. The summed E-state index contributed by atoms with van der Waals surface area (Å²) in [5.74, 6) is -1.36. The molecule has 16 heavy (non-hydrogen) atoms. The number of hydrogen-bond acceptors (Lipinski definition) is 4. The topological polar surface area (TPSA) is 57.0 Å². The van der Waals surface area contributed by atoms with E-state index in [1.807, 2.05) is 0 Å². The highest BCUT2D eigenvalue weighted by Crippen LogP contribution is 2.13. The zero-order valence-electron chi connectivity index (χ0n) is 8.42. The second kappa shape index (κ2) is 4.09. The van der Waals surface area contributed by atoms with E-state index in [2.05, 4.69) is 15.0 Å². The van der Waals surface area contributed by atoms with Gasteiger partial charge >= 0.3 is 5.97 Å². The first-order chi connectivity index (χ1) is 7.72. The van der Waals surface area contributed by atoms with Gasteiger partial charge in [-0.2, -0.15) is 0 Å². The van der Waals surface area contributed by atoms with Crippen molar-refractivity contribution >= 4 is 5.97 Å². The maximum Gasteiger partial charge on any atom is 0.340 e. The summed E-state index contributed by atoms with van der Waals surface area (Å²) in [6, 6.07) is 4.10. The molecule has 0 aliphatic heterocycles. The lowest BCUT2D eigenvalue weighted by Gasteiger charge is -2.04. The van der Waals surface area contributed by atoms with Crippen LogP contribution in [0.25, 0.3) is 5.69 Å². The Bertz CT molecular complexity index is 511. The number of nitrogens with zero attached hydrogens (tertiary/aromatic N) is 3. The van der Waals surface area contributed by atoms with Crippen LogP contribution in [0.2, 0.25) is 0 Å². The molecule has 6 heteroatoms. The number of benzene rings is 1. The van der Waals surface area contributed by atoms with Crippen LogP contribution in [-0.4, -0.2) is 28.1 Å². The Morgan fingerprint density at radius 3 is 2.88 bits per heavy atom. The van der Waals surface area contributed by atoms with Crippen LogP contribution in [0.1, 0.15) is 10.4 Å². The van der Waals surface area contributed by atoms with Crippen molar-refractivity contribution in [2.24, 2.45) is 0 Å². The quantitative estimate of drug-likeness (QED) is 0.715. The molecule has 0 amide bonds. The molecule has 1 aromatic carbocycles. The number of aromatic nitrogens is 3. The molecule has 0 radical (unpaired) electrons. The SMILES string of the molecule is COC(=O)c1ccc(-n2ccnn2)cc1F. The first kappa shape index (κ1) is 10.3. The summed E-state index contributed by atoms with van der Waals surface area (Å²) >= 11 is 0. The maximum atomic E-state index is 13.5.